The van der Waals surface area contributed by atoms with Crippen molar-refractivity contribution in [2.75, 3.05) is 30.3 Å². The zero-order valence-electron chi connectivity index (χ0n) is 16.1. The molecule has 6 heteroatoms. The monoisotopic (exact) mass is 368 g/mol. The first-order chi connectivity index (χ1) is 13.0. The number of nitrogens with zero attached hydrogens (tertiary/aromatic N) is 3. The van der Waals surface area contributed by atoms with Gasteiger partial charge in [0.05, 0.1) is 18.3 Å². The Labute approximate surface area is 160 Å². The van der Waals surface area contributed by atoms with Crippen molar-refractivity contribution in [1.29, 1.82) is 0 Å². The number of piperidine rings is 1. The fraction of sp³-hybridized carbons (Fsp3) is 0.524. The van der Waals surface area contributed by atoms with E-state index in [1.807, 2.05) is 30.3 Å². The molecule has 4 rings (SSSR count). The Balaban J connectivity index is 1.58. The van der Waals surface area contributed by atoms with Gasteiger partial charge in [-0.05, 0) is 36.7 Å². The van der Waals surface area contributed by atoms with E-state index in [4.69, 9.17) is 10.5 Å². The van der Waals surface area contributed by atoms with Gasteiger partial charge in [-0.3, -0.25) is 9.36 Å². The molecular weight excluding hydrogens is 340 g/mol. The van der Waals surface area contributed by atoms with Crippen molar-refractivity contribution in [1.82, 2.24) is 9.55 Å². The number of benzene rings is 1. The zero-order valence-corrected chi connectivity index (χ0v) is 16.1. The number of ether oxygens (including phenoxy) is 1. The van der Waals surface area contributed by atoms with Crippen molar-refractivity contribution in [2.24, 2.45) is 12.5 Å². The Morgan fingerprint density at radius 2 is 1.96 bits per heavy atom. The lowest BCUT2D eigenvalue weighted by atomic mass is 9.76. The van der Waals surface area contributed by atoms with Crippen molar-refractivity contribution >= 4 is 11.8 Å². The topological polar surface area (TPSA) is 73.4 Å². The summed E-state index contributed by atoms with van der Waals surface area (Å²) in [6.45, 7) is 4.81. The second-order valence-corrected chi connectivity index (χ2v) is 7.93. The Morgan fingerprint density at radius 1 is 1.26 bits per heavy atom. The number of hydrogen-bond acceptors (Lipinski definition) is 5. The Hall–Kier alpha value is -2.34. The Morgan fingerprint density at radius 3 is 2.59 bits per heavy atom. The molecule has 144 valence electrons. The molecule has 0 bridgehead atoms. The third kappa shape index (κ3) is 3.23. The van der Waals surface area contributed by atoms with Gasteiger partial charge in [-0.15, -0.1) is 0 Å². The van der Waals surface area contributed by atoms with Crippen LogP contribution in [0.5, 0.6) is 0 Å². The normalized spacial score (nSPS) is 21.7. The molecule has 2 aliphatic heterocycles. The summed E-state index contributed by atoms with van der Waals surface area (Å²) in [5, 5.41) is 0. The number of aromatic nitrogens is 2. The highest BCUT2D eigenvalue weighted by Crippen LogP contribution is 2.43. The van der Waals surface area contributed by atoms with Gasteiger partial charge in [-0.2, -0.15) is 4.98 Å². The number of rotatable bonds is 3. The third-order valence-corrected chi connectivity index (χ3v) is 6.21. The standard InChI is InChI=1S/C21H28N4O2/c1-3-16-13-21(14-27-16)9-11-25(12-10-21)20-23-18(22)17(19(26)24(20)2)15-7-5-4-6-8-15/h4-8,16H,3,9-14,22H2,1-2H3/t16-/m0/s1. The van der Waals surface area contributed by atoms with E-state index in [0.29, 0.717) is 28.8 Å². The fourth-order valence-corrected chi connectivity index (χ4v) is 4.45. The second kappa shape index (κ2) is 7.00. The number of hydrogen-bond donors (Lipinski definition) is 1. The van der Waals surface area contributed by atoms with Crippen LogP contribution in [-0.2, 0) is 11.8 Å². The minimum absolute atomic E-state index is 0.0979. The van der Waals surface area contributed by atoms with Crippen molar-refractivity contribution in [3.8, 4) is 11.1 Å². The molecule has 6 nitrogen and oxygen atoms in total. The molecule has 2 N–H and O–H groups in total. The molecule has 1 aromatic carbocycles. The molecular formula is C21H28N4O2. The van der Waals surface area contributed by atoms with Gasteiger partial charge in [0.15, 0.2) is 0 Å². The SMILES string of the molecule is CC[C@H]1CC2(CCN(c3nc(N)c(-c4ccccc4)c(=O)n3C)CC2)CO1. The predicted octanol–water partition coefficient (Wildman–Crippen LogP) is 2.82. The number of nitrogens with two attached hydrogens (primary N) is 1. The fourth-order valence-electron chi connectivity index (χ4n) is 4.45. The van der Waals surface area contributed by atoms with Crippen LogP contribution >= 0.6 is 0 Å². The largest absolute Gasteiger partial charge is 0.383 e. The minimum Gasteiger partial charge on any atom is -0.383 e. The summed E-state index contributed by atoms with van der Waals surface area (Å²) in [6.07, 6.45) is 4.77. The van der Waals surface area contributed by atoms with E-state index in [2.05, 4.69) is 16.8 Å². The van der Waals surface area contributed by atoms with E-state index in [-0.39, 0.29) is 5.56 Å². The highest BCUT2D eigenvalue weighted by atomic mass is 16.5. The van der Waals surface area contributed by atoms with Crippen LogP contribution in [0.25, 0.3) is 11.1 Å². The van der Waals surface area contributed by atoms with E-state index < -0.39 is 0 Å². The maximum absolute atomic E-state index is 13.0. The molecule has 2 saturated heterocycles. The second-order valence-electron chi connectivity index (χ2n) is 7.93. The lowest BCUT2D eigenvalue weighted by Crippen LogP contribution is -2.43. The van der Waals surface area contributed by atoms with Crippen LogP contribution in [0.1, 0.15) is 32.6 Å². The molecule has 0 radical (unpaired) electrons. The molecule has 1 aromatic heterocycles. The summed E-state index contributed by atoms with van der Waals surface area (Å²) in [7, 11) is 1.78. The highest BCUT2D eigenvalue weighted by molar-refractivity contribution is 5.73. The van der Waals surface area contributed by atoms with E-state index in [1.54, 1.807) is 11.6 Å². The molecule has 1 spiro atoms. The van der Waals surface area contributed by atoms with Gasteiger partial charge >= 0.3 is 0 Å². The molecule has 3 heterocycles. The molecule has 2 aliphatic rings. The van der Waals surface area contributed by atoms with Gasteiger partial charge < -0.3 is 15.4 Å². The molecule has 27 heavy (non-hydrogen) atoms. The summed E-state index contributed by atoms with van der Waals surface area (Å²) in [4.78, 5) is 19.8. The van der Waals surface area contributed by atoms with E-state index in [1.165, 1.54) is 0 Å². The summed E-state index contributed by atoms with van der Waals surface area (Å²) in [5.41, 5.74) is 7.69. The summed E-state index contributed by atoms with van der Waals surface area (Å²) in [5.74, 6) is 0.966. The van der Waals surface area contributed by atoms with Gasteiger partial charge in [0, 0.05) is 20.1 Å². The maximum Gasteiger partial charge on any atom is 0.264 e. The van der Waals surface area contributed by atoms with Crippen LogP contribution in [0.4, 0.5) is 11.8 Å². The third-order valence-electron chi connectivity index (χ3n) is 6.21. The van der Waals surface area contributed by atoms with Crippen LogP contribution in [0.3, 0.4) is 0 Å². The predicted molar refractivity (Wildman–Crippen MR) is 108 cm³/mol. The maximum atomic E-state index is 13.0. The first kappa shape index (κ1) is 18.0. The summed E-state index contributed by atoms with van der Waals surface area (Å²) in [6, 6.07) is 9.51. The van der Waals surface area contributed by atoms with Gasteiger partial charge in [-0.1, -0.05) is 37.3 Å². The van der Waals surface area contributed by atoms with Crippen molar-refractivity contribution < 1.29 is 4.74 Å². The van der Waals surface area contributed by atoms with Gasteiger partial charge in [0.25, 0.3) is 5.56 Å². The van der Waals surface area contributed by atoms with E-state index >= 15 is 0 Å². The van der Waals surface area contributed by atoms with Crippen LogP contribution < -0.4 is 16.2 Å². The molecule has 2 fully saturated rings. The summed E-state index contributed by atoms with van der Waals surface area (Å²) >= 11 is 0. The molecule has 0 saturated carbocycles. The van der Waals surface area contributed by atoms with Crippen molar-refractivity contribution in [2.45, 2.75) is 38.7 Å². The molecule has 2 aromatic rings. The van der Waals surface area contributed by atoms with Crippen molar-refractivity contribution in [3.05, 3.63) is 40.7 Å². The van der Waals surface area contributed by atoms with Crippen LogP contribution in [0, 0.1) is 5.41 Å². The first-order valence-electron chi connectivity index (χ1n) is 9.81. The Kier molecular flexibility index (Phi) is 4.68. The van der Waals surface area contributed by atoms with Crippen LogP contribution in [-0.4, -0.2) is 35.4 Å². The summed E-state index contributed by atoms with van der Waals surface area (Å²) < 4.78 is 7.59. The smallest absolute Gasteiger partial charge is 0.264 e. The average molecular weight is 368 g/mol. The average Bonchev–Trinajstić information content (AvgIpc) is 3.09. The lowest BCUT2D eigenvalue weighted by Gasteiger charge is -2.39. The Bertz CT molecular complexity index is 870. The first-order valence-corrected chi connectivity index (χ1v) is 9.81. The molecule has 1 atom stereocenters. The number of anilines is 2. The van der Waals surface area contributed by atoms with Gasteiger partial charge in [0.1, 0.15) is 5.82 Å². The van der Waals surface area contributed by atoms with E-state index in [9.17, 15) is 4.79 Å². The van der Waals surface area contributed by atoms with Crippen LogP contribution in [0.2, 0.25) is 0 Å². The van der Waals surface area contributed by atoms with Gasteiger partial charge in [0.2, 0.25) is 5.95 Å². The zero-order chi connectivity index (χ0) is 19.0. The highest BCUT2D eigenvalue weighted by Gasteiger charge is 2.42. The van der Waals surface area contributed by atoms with E-state index in [0.717, 1.165) is 50.9 Å². The number of nitrogen functional groups attached to an aromatic ring is 1. The van der Waals surface area contributed by atoms with Crippen molar-refractivity contribution in [3.63, 3.8) is 0 Å². The molecule has 0 unspecified atom stereocenters. The minimum atomic E-state index is -0.0979. The lowest BCUT2D eigenvalue weighted by molar-refractivity contribution is 0.0864. The quantitative estimate of drug-likeness (QED) is 0.902. The van der Waals surface area contributed by atoms with Gasteiger partial charge in [-0.25, -0.2) is 0 Å². The van der Waals surface area contributed by atoms with Crippen LogP contribution in [0.15, 0.2) is 35.1 Å². The molecule has 0 amide bonds. The molecule has 0 aliphatic carbocycles.